The van der Waals surface area contributed by atoms with Crippen molar-refractivity contribution in [1.82, 2.24) is 9.55 Å². The van der Waals surface area contributed by atoms with E-state index in [0.29, 0.717) is 0 Å². The van der Waals surface area contributed by atoms with Gasteiger partial charge >= 0.3 is 0 Å². The van der Waals surface area contributed by atoms with Crippen molar-refractivity contribution in [1.29, 1.82) is 0 Å². The van der Waals surface area contributed by atoms with Gasteiger partial charge in [0.25, 0.3) is 0 Å². The van der Waals surface area contributed by atoms with E-state index in [1.807, 2.05) is 30.0 Å². The second-order valence-corrected chi connectivity index (χ2v) is 2.76. The Balaban J connectivity index is 2.34. The molecular weight excluding hydrogens is 148 g/mol. The highest BCUT2D eigenvalue weighted by Gasteiger charge is 1.96. The fourth-order valence-electron chi connectivity index (χ4n) is 1.15. The zero-order chi connectivity index (χ0) is 8.39. The zero-order valence-electron chi connectivity index (χ0n) is 6.94. The molecule has 0 atom stereocenters. The first-order chi connectivity index (χ1) is 5.86. The van der Waals surface area contributed by atoms with Crippen molar-refractivity contribution in [3.8, 4) is 0 Å². The fourth-order valence-corrected chi connectivity index (χ4v) is 1.15. The lowest BCUT2D eigenvalue weighted by Gasteiger charge is -1.94. The average Bonchev–Trinajstić information content (AvgIpc) is 2.65. The summed E-state index contributed by atoms with van der Waals surface area (Å²) in [6.07, 6.45) is 14.0. The van der Waals surface area contributed by atoms with Crippen LogP contribution in [0.15, 0.2) is 42.3 Å². The molecule has 0 radical (unpaired) electrons. The van der Waals surface area contributed by atoms with Crippen LogP contribution in [-0.2, 0) is 7.05 Å². The molecule has 1 aliphatic rings. The van der Waals surface area contributed by atoms with Gasteiger partial charge in [-0.2, -0.15) is 0 Å². The van der Waals surface area contributed by atoms with Crippen LogP contribution >= 0.6 is 0 Å². The summed E-state index contributed by atoms with van der Waals surface area (Å²) in [4.78, 5) is 4.20. The van der Waals surface area contributed by atoms with Crippen LogP contribution in [0, 0.1) is 0 Å². The maximum Gasteiger partial charge on any atom is 0.132 e. The first-order valence-corrected chi connectivity index (χ1v) is 3.90. The Hall–Kier alpha value is -1.57. The molecule has 1 aromatic rings. The number of nitrogens with zero attached hydrogens (tertiary/aromatic N) is 2. The van der Waals surface area contributed by atoms with E-state index in [9.17, 15) is 0 Å². The van der Waals surface area contributed by atoms with Crippen LogP contribution in [0.25, 0.3) is 6.08 Å². The molecule has 0 fully saturated rings. The molecule has 2 heteroatoms. The monoisotopic (exact) mass is 158 g/mol. The van der Waals surface area contributed by atoms with E-state index in [4.69, 9.17) is 0 Å². The molecular formula is C10H10N2. The molecule has 0 spiro atoms. The molecule has 2 nitrogen and oxygen atoms in total. The van der Waals surface area contributed by atoms with Crippen molar-refractivity contribution >= 4 is 6.08 Å². The first kappa shape index (κ1) is 7.10. The molecule has 0 aliphatic heterocycles. The number of aromatic nitrogens is 2. The third-order valence-electron chi connectivity index (χ3n) is 1.84. The molecule has 0 saturated heterocycles. The fraction of sp³-hybridized carbons (Fsp3) is 0.100. The van der Waals surface area contributed by atoms with E-state index in [1.54, 1.807) is 6.20 Å². The number of hydrogen-bond donors (Lipinski definition) is 0. The lowest BCUT2D eigenvalue weighted by molar-refractivity contribution is 0.897. The summed E-state index contributed by atoms with van der Waals surface area (Å²) in [5.74, 6) is 0.987. The quantitative estimate of drug-likeness (QED) is 0.610. The Morgan fingerprint density at radius 3 is 2.67 bits per heavy atom. The standard InChI is InChI=1S/C10H10N2/c1-12-7-6-11-10(12)8-9-4-2-3-5-9/h2-8H,1H3. The predicted molar refractivity (Wildman–Crippen MR) is 49.5 cm³/mol. The van der Waals surface area contributed by atoms with Crippen LogP contribution in [-0.4, -0.2) is 9.55 Å². The van der Waals surface area contributed by atoms with Crippen molar-refractivity contribution < 1.29 is 0 Å². The van der Waals surface area contributed by atoms with E-state index in [-0.39, 0.29) is 0 Å². The maximum atomic E-state index is 4.20. The highest BCUT2D eigenvalue weighted by molar-refractivity contribution is 5.58. The first-order valence-electron chi connectivity index (χ1n) is 3.90. The summed E-state index contributed by atoms with van der Waals surface area (Å²) in [7, 11) is 1.99. The van der Waals surface area contributed by atoms with Gasteiger partial charge in [0.15, 0.2) is 0 Å². The highest BCUT2D eigenvalue weighted by atomic mass is 15.0. The molecule has 1 heterocycles. The van der Waals surface area contributed by atoms with E-state index in [2.05, 4.69) is 23.2 Å². The van der Waals surface area contributed by atoms with Gasteiger partial charge in [-0.15, -0.1) is 0 Å². The van der Waals surface area contributed by atoms with Crippen LogP contribution in [0.5, 0.6) is 0 Å². The topological polar surface area (TPSA) is 17.8 Å². The van der Waals surface area contributed by atoms with E-state index in [0.717, 1.165) is 5.82 Å². The summed E-state index contributed by atoms with van der Waals surface area (Å²) >= 11 is 0. The van der Waals surface area contributed by atoms with Gasteiger partial charge in [0.2, 0.25) is 0 Å². The van der Waals surface area contributed by atoms with Crippen LogP contribution in [0.4, 0.5) is 0 Å². The van der Waals surface area contributed by atoms with Crippen molar-refractivity contribution in [2.45, 2.75) is 0 Å². The average molecular weight is 158 g/mol. The minimum Gasteiger partial charge on any atom is -0.335 e. The van der Waals surface area contributed by atoms with Crippen molar-refractivity contribution in [3.05, 3.63) is 48.1 Å². The lowest BCUT2D eigenvalue weighted by atomic mass is 10.3. The van der Waals surface area contributed by atoms with Gasteiger partial charge < -0.3 is 4.57 Å². The molecule has 0 unspecified atom stereocenters. The minimum atomic E-state index is 0.987. The highest BCUT2D eigenvalue weighted by Crippen LogP contribution is 2.11. The molecule has 1 aliphatic carbocycles. The molecule has 0 N–H and O–H groups in total. The van der Waals surface area contributed by atoms with E-state index >= 15 is 0 Å². The van der Waals surface area contributed by atoms with Gasteiger partial charge in [-0.25, -0.2) is 4.98 Å². The SMILES string of the molecule is Cn1ccnc1C=C1C=CC=C1. The van der Waals surface area contributed by atoms with Gasteiger partial charge in [0.05, 0.1) is 0 Å². The van der Waals surface area contributed by atoms with Gasteiger partial charge in [-0.1, -0.05) is 24.3 Å². The number of imidazole rings is 1. The smallest absolute Gasteiger partial charge is 0.132 e. The summed E-state index contributed by atoms with van der Waals surface area (Å²) in [5.41, 5.74) is 1.20. The molecule has 0 saturated carbocycles. The maximum absolute atomic E-state index is 4.20. The Bertz CT molecular complexity index is 353. The third kappa shape index (κ3) is 1.23. The summed E-state index contributed by atoms with van der Waals surface area (Å²) in [6, 6.07) is 0. The van der Waals surface area contributed by atoms with Crippen molar-refractivity contribution in [3.63, 3.8) is 0 Å². The zero-order valence-corrected chi connectivity index (χ0v) is 6.94. The molecule has 60 valence electrons. The molecule has 0 amide bonds. The molecule has 1 aromatic heterocycles. The third-order valence-corrected chi connectivity index (χ3v) is 1.84. The molecule has 12 heavy (non-hydrogen) atoms. The number of allylic oxidation sites excluding steroid dienone is 5. The Kier molecular flexibility index (Phi) is 1.67. The Morgan fingerprint density at radius 2 is 2.08 bits per heavy atom. The second kappa shape index (κ2) is 2.81. The van der Waals surface area contributed by atoms with Crippen LogP contribution in [0.3, 0.4) is 0 Å². The Morgan fingerprint density at radius 1 is 1.33 bits per heavy atom. The van der Waals surface area contributed by atoms with Crippen LogP contribution in [0.1, 0.15) is 5.82 Å². The number of hydrogen-bond acceptors (Lipinski definition) is 1. The lowest BCUT2D eigenvalue weighted by Crippen LogP contribution is -1.89. The van der Waals surface area contributed by atoms with Crippen molar-refractivity contribution in [2.24, 2.45) is 7.05 Å². The van der Waals surface area contributed by atoms with Gasteiger partial charge in [-0.3, -0.25) is 0 Å². The van der Waals surface area contributed by atoms with Crippen molar-refractivity contribution in [2.75, 3.05) is 0 Å². The number of rotatable bonds is 1. The van der Waals surface area contributed by atoms with Crippen LogP contribution < -0.4 is 0 Å². The normalized spacial score (nSPS) is 14.2. The summed E-state index contributed by atoms with van der Waals surface area (Å²) in [5, 5.41) is 0. The molecule has 0 bridgehead atoms. The minimum absolute atomic E-state index is 0.987. The summed E-state index contributed by atoms with van der Waals surface area (Å²) < 4.78 is 1.99. The Labute approximate surface area is 71.6 Å². The van der Waals surface area contributed by atoms with E-state index < -0.39 is 0 Å². The van der Waals surface area contributed by atoms with Gasteiger partial charge in [0, 0.05) is 19.4 Å². The van der Waals surface area contributed by atoms with Gasteiger partial charge in [-0.05, 0) is 11.6 Å². The van der Waals surface area contributed by atoms with Gasteiger partial charge in [0.1, 0.15) is 5.82 Å². The second-order valence-electron chi connectivity index (χ2n) is 2.76. The largest absolute Gasteiger partial charge is 0.335 e. The predicted octanol–water partition coefficient (Wildman–Crippen LogP) is 1.93. The van der Waals surface area contributed by atoms with E-state index in [1.165, 1.54) is 5.57 Å². The summed E-state index contributed by atoms with van der Waals surface area (Å²) in [6.45, 7) is 0. The van der Waals surface area contributed by atoms with Crippen LogP contribution in [0.2, 0.25) is 0 Å². The molecule has 2 rings (SSSR count). The molecule has 0 aromatic carbocycles. The number of aryl methyl sites for hydroxylation is 1.